The van der Waals surface area contributed by atoms with E-state index in [1.165, 1.54) is 6.07 Å². The van der Waals surface area contributed by atoms with E-state index in [1.54, 1.807) is 6.07 Å². The number of benzene rings is 1. The van der Waals surface area contributed by atoms with Crippen molar-refractivity contribution in [3.8, 4) is 0 Å². The topological polar surface area (TPSA) is 44.7 Å². The van der Waals surface area contributed by atoms with Crippen LogP contribution in [0.5, 0.6) is 0 Å². The van der Waals surface area contributed by atoms with E-state index >= 15 is 0 Å². The fourth-order valence-electron chi connectivity index (χ4n) is 3.97. The van der Waals surface area contributed by atoms with Crippen LogP contribution in [0.15, 0.2) is 36.5 Å². The number of nitrogens with zero attached hydrogens (tertiary/aromatic N) is 5. The number of ether oxygens (including phenoxy) is 1. The highest BCUT2D eigenvalue weighted by atomic mass is 19.1. The summed E-state index contributed by atoms with van der Waals surface area (Å²) in [5.41, 5.74) is 0.778. The Hall–Kier alpha value is -2.25. The lowest BCUT2D eigenvalue weighted by molar-refractivity contribution is 0.122. The SMILES string of the molecule is CN(c1ccnc(N2CCOCC2)n1)C1CCN(Cc2ccccc2F)CC1. The highest BCUT2D eigenvalue weighted by Gasteiger charge is 2.24. The summed E-state index contributed by atoms with van der Waals surface area (Å²) < 4.78 is 19.3. The Morgan fingerprint density at radius 3 is 2.61 bits per heavy atom. The largest absolute Gasteiger partial charge is 0.378 e. The standard InChI is InChI=1S/C21H28FN5O/c1-25(20-6-9-23-21(24-20)27-12-14-28-15-13-27)18-7-10-26(11-8-18)16-17-4-2-3-5-19(17)22/h2-6,9,18H,7-8,10-16H2,1H3. The third-order valence-electron chi connectivity index (χ3n) is 5.74. The van der Waals surface area contributed by atoms with Crippen LogP contribution in [0, 0.1) is 5.82 Å². The van der Waals surface area contributed by atoms with Gasteiger partial charge >= 0.3 is 0 Å². The van der Waals surface area contributed by atoms with E-state index in [-0.39, 0.29) is 5.82 Å². The van der Waals surface area contributed by atoms with Crippen LogP contribution in [0.4, 0.5) is 16.2 Å². The van der Waals surface area contributed by atoms with Crippen molar-refractivity contribution < 1.29 is 9.13 Å². The Morgan fingerprint density at radius 2 is 1.86 bits per heavy atom. The summed E-state index contributed by atoms with van der Waals surface area (Å²) in [6.07, 6.45) is 3.93. The number of halogens is 1. The van der Waals surface area contributed by atoms with Crippen molar-refractivity contribution in [2.75, 3.05) is 56.2 Å². The molecule has 0 saturated carbocycles. The van der Waals surface area contributed by atoms with Crippen molar-refractivity contribution >= 4 is 11.8 Å². The van der Waals surface area contributed by atoms with Gasteiger partial charge in [0.15, 0.2) is 0 Å². The van der Waals surface area contributed by atoms with Crippen molar-refractivity contribution in [3.63, 3.8) is 0 Å². The fraction of sp³-hybridized carbons (Fsp3) is 0.524. The van der Waals surface area contributed by atoms with Gasteiger partial charge < -0.3 is 14.5 Å². The van der Waals surface area contributed by atoms with Crippen molar-refractivity contribution in [2.45, 2.75) is 25.4 Å². The predicted octanol–water partition coefficient (Wildman–Crippen LogP) is 2.55. The first-order valence-corrected chi connectivity index (χ1v) is 10.0. The summed E-state index contributed by atoms with van der Waals surface area (Å²) in [4.78, 5) is 16.0. The number of hydrogen-bond acceptors (Lipinski definition) is 6. The summed E-state index contributed by atoms with van der Waals surface area (Å²) in [5.74, 6) is 1.63. The molecule has 2 fully saturated rings. The lowest BCUT2D eigenvalue weighted by Crippen LogP contribution is -2.43. The zero-order valence-electron chi connectivity index (χ0n) is 16.4. The molecule has 0 amide bonds. The van der Waals surface area contributed by atoms with Crippen molar-refractivity contribution in [1.29, 1.82) is 0 Å². The van der Waals surface area contributed by atoms with Gasteiger partial charge in [-0.2, -0.15) is 4.98 Å². The molecule has 1 aromatic heterocycles. The fourth-order valence-corrected chi connectivity index (χ4v) is 3.97. The van der Waals surface area contributed by atoms with Gasteiger partial charge in [0.1, 0.15) is 11.6 Å². The van der Waals surface area contributed by atoms with E-state index in [0.717, 1.165) is 69.6 Å². The molecule has 2 aliphatic heterocycles. The number of hydrogen-bond donors (Lipinski definition) is 0. The van der Waals surface area contributed by atoms with Crippen molar-refractivity contribution in [2.24, 2.45) is 0 Å². The normalized spacial score (nSPS) is 19.0. The molecular weight excluding hydrogens is 357 g/mol. The third kappa shape index (κ3) is 4.42. The number of anilines is 2. The first-order valence-electron chi connectivity index (χ1n) is 10.0. The predicted molar refractivity (Wildman–Crippen MR) is 108 cm³/mol. The van der Waals surface area contributed by atoms with Crippen molar-refractivity contribution in [3.05, 3.63) is 47.9 Å². The van der Waals surface area contributed by atoms with Crippen LogP contribution >= 0.6 is 0 Å². The van der Waals surface area contributed by atoms with Crippen LogP contribution in [0.25, 0.3) is 0 Å². The smallest absolute Gasteiger partial charge is 0.227 e. The third-order valence-corrected chi connectivity index (χ3v) is 5.74. The van der Waals surface area contributed by atoms with Gasteiger partial charge in [0.25, 0.3) is 0 Å². The van der Waals surface area contributed by atoms with Gasteiger partial charge in [-0.25, -0.2) is 9.37 Å². The summed E-state index contributed by atoms with van der Waals surface area (Å²) in [6, 6.07) is 9.48. The molecule has 0 aliphatic carbocycles. The van der Waals surface area contributed by atoms with E-state index in [4.69, 9.17) is 9.72 Å². The second-order valence-electron chi connectivity index (χ2n) is 7.52. The molecule has 2 saturated heterocycles. The summed E-state index contributed by atoms with van der Waals surface area (Å²) in [5, 5.41) is 0. The Bertz CT molecular complexity index is 775. The average molecular weight is 385 g/mol. The van der Waals surface area contributed by atoms with Crippen molar-refractivity contribution in [1.82, 2.24) is 14.9 Å². The minimum atomic E-state index is -0.113. The lowest BCUT2D eigenvalue weighted by atomic mass is 10.0. The molecule has 150 valence electrons. The van der Waals surface area contributed by atoms with Crippen LogP contribution < -0.4 is 9.80 Å². The molecule has 7 heteroatoms. The van der Waals surface area contributed by atoms with Gasteiger partial charge in [0, 0.05) is 57.6 Å². The molecule has 0 unspecified atom stereocenters. The molecule has 0 radical (unpaired) electrons. The van der Waals surface area contributed by atoms with Gasteiger partial charge in [-0.05, 0) is 25.0 Å². The molecule has 0 N–H and O–H groups in total. The van der Waals surface area contributed by atoms with E-state index in [0.29, 0.717) is 12.6 Å². The van der Waals surface area contributed by atoms with E-state index in [1.807, 2.05) is 24.4 Å². The monoisotopic (exact) mass is 385 g/mol. The average Bonchev–Trinajstić information content (AvgIpc) is 2.76. The molecule has 1 aromatic carbocycles. The first-order chi connectivity index (χ1) is 13.7. The summed E-state index contributed by atoms with van der Waals surface area (Å²) in [6.45, 7) is 5.73. The van der Waals surface area contributed by atoms with E-state index < -0.39 is 0 Å². The molecule has 6 nitrogen and oxygen atoms in total. The molecule has 0 atom stereocenters. The van der Waals surface area contributed by atoms with Gasteiger partial charge in [-0.3, -0.25) is 4.90 Å². The molecular formula is C21H28FN5O. The number of rotatable bonds is 5. The number of morpholine rings is 1. The summed E-state index contributed by atoms with van der Waals surface area (Å²) >= 11 is 0. The van der Waals surface area contributed by atoms with E-state index in [2.05, 4.69) is 26.7 Å². The highest BCUT2D eigenvalue weighted by molar-refractivity contribution is 5.44. The highest BCUT2D eigenvalue weighted by Crippen LogP contribution is 2.23. The van der Waals surface area contributed by atoms with Crippen LogP contribution in [-0.4, -0.2) is 67.4 Å². The second-order valence-corrected chi connectivity index (χ2v) is 7.52. The maximum absolute atomic E-state index is 13.9. The van der Waals surface area contributed by atoms with Crippen LogP contribution in [0.2, 0.25) is 0 Å². The van der Waals surface area contributed by atoms with Gasteiger partial charge in [-0.15, -0.1) is 0 Å². The Kier molecular flexibility index (Phi) is 6.02. The van der Waals surface area contributed by atoms with Gasteiger partial charge in [0.05, 0.1) is 13.2 Å². The van der Waals surface area contributed by atoms with Crippen LogP contribution in [0.1, 0.15) is 18.4 Å². The van der Waals surface area contributed by atoms with Gasteiger partial charge in [-0.1, -0.05) is 18.2 Å². The quantitative estimate of drug-likeness (QED) is 0.788. The Morgan fingerprint density at radius 1 is 1.11 bits per heavy atom. The maximum Gasteiger partial charge on any atom is 0.227 e. The molecule has 4 rings (SSSR count). The molecule has 0 bridgehead atoms. The molecule has 3 heterocycles. The lowest BCUT2D eigenvalue weighted by Gasteiger charge is -2.37. The van der Waals surface area contributed by atoms with Gasteiger partial charge in [0.2, 0.25) is 5.95 Å². The zero-order valence-corrected chi connectivity index (χ0v) is 16.4. The number of piperidine rings is 1. The Balaban J connectivity index is 1.35. The number of aromatic nitrogens is 2. The minimum Gasteiger partial charge on any atom is -0.378 e. The first kappa shape index (κ1) is 19.1. The maximum atomic E-state index is 13.9. The molecule has 2 aliphatic rings. The zero-order chi connectivity index (χ0) is 19.3. The minimum absolute atomic E-state index is 0.113. The Labute approximate surface area is 165 Å². The van der Waals surface area contributed by atoms with Crippen LogP contribution in [0.3, 0.4) is 0 Å². The number of likely N-dealkylation sites (tertiary alicyclic amines) is 1. The summed E-state index contributed by atoms with van der Waals surface area (Å²) in [7, 11) is 2.11. The second kappa shape index (κ2) is 8.84. The molecule has 2 aromatic rings. The molecule has 0 spiro atoms. The van der Waals surface area contributed by atoms with Crippen LogP contribution in [-0.2, 0) is 11.3 Å². The molecule has 28 heavy (non-hydrogen) atoms. The van der Waals surface area contributed by atoms with E-state index in [9.17, 15) is 4.39 Å².